The summed E-state index contributed by atoms with van der Waals surface area (Å²) in [6.07, 6.45) is 0. The summed E-state index contributed by atoms with van der Waals surface area (Å²) in [6, 6.07) is 8.52. The number of rotatable bonds is 2. The van der Waals surface area contributed by atoms with Crippen molar-refractivity contribution in [3.8, 4) is 16.2 Å². The molecule has 3 rings (SSSR count). The first kappa shape index (κ1) is 9.87. The van der Waals surface area contributed by atoms with Gasteiger partial charge in [-0.2, -0.15) is 0 Å². The third kappa shape index (κ3) is 1.52. The Bertz CT molecular complexity index is 505. The third-order valence-electron chi connectivity index (χ3n) is 2.96. The maximum atomic E-state index is 5.36. The Morgan fingerprint density at radius 3 is 3.00 bits per heavy atom. The van der Waals surface area contributed by atoms with Crippen molar-refractivity contribution in [2.24, 2.45) is 0 Å². The minimum absolute atomic E-state index is 0.949. The molecule has 1 N–H and O–H groups in total. The molecule has 0 aliphatic carbocycles. The standard InChI is InChI=1S/C13H13NOS/c1-15-10-5-9-7-14-8-12(9)11(6-10)13-3-2-4-16-13/h2-6,14H,7-8H2,1H3. The molecule has 1 aliphatic heterocycles. The molecular weight excluding hydrogens is 218 g/mol. The molecule has 16 heavy (non-hydrogen) atoms. The normalized spacial score (nSPS) is 13.8. The fourth-order valence-electron chi connectivity index (χ4n) is 2.16. The van der Waals surface area contributed by atoms with Crippen LogP contribution >= 0.6 is 11.3 Å². The molecule has 0 atom stereocenters. The predicted octanol–water partition coefficient (Wildman–Crippen LogP) is 3.03. The maximum Gasteiger partial charge on any atom is 0.119 e. The first-order chi connectivity index (χ1) is 7.88. The van der Waals surface area contributed by atoms with E-state index in [1.165, 1.54) is 21.6 Å². The van der Waals surface area contributed by atoms with Gasteiger partial charge in [0.25, 0.3) is 0 Å². The molecule has 0 bridgehead atoms. The van der Waals surface area contributed by atoms with Crippen molar-refractivity contribution in [1.29, 1.82) is 0 Å². The second kappa shape index (κ2) is 3.92. The molecule has 1 aromatic carbocycles. The molecule has 0 amide bonds. The molecule has 0 fully saturated rings. The SMILES string of the molecule is COc1cc2c(c(-c3cccs3)c1)CNC2. The van der Waals surface area contributed by atoms with Crippen LogP contribution in [-0.4, -0.2) is 7.11 Å². The van der Waals surface area contributed by atoms with Crippen molar-refractivity contribution >= 4 is 11.3 Å². The molecule has 0 saturated carbocycles. The molecule has 2 nitrogen and oxygen atoms in total. The van der Waals surface area contributed by atoms with Gasteiger partial charge in [0.05, 0.1) is 7.11 Å². The zero-order valence-electron chi connectivity index (χ0n) is 9.12. The van der Waals surface area contributed by atoms with Crippen LogP contribution in [0.3, 0.4) is 0 Å². The fourth-order valence-corrected chi connectivity index (χ4v) is 2.93. The summed E-state index contributed by atoms with van der Waals surface area (Å²) in [4.78, 5) is 1.32. The average molecular weight is 231 g/mol. The van der Waals surface area contributed by atoms with Gasteiger partial charge in [-0.3, -0.25) is 0 Å². The summed E-state index contributed by atoms with van der Waals surface area (Å²) in [6.45, 7) is 1.91. The lowest BCUT2D eigenvalue weighted by molar-refractivity contribution is 0.414. The highest BCUT2D eigenvalue weighted by molar-refractivity contribution is 7.13. The summed E-state index contributed by atoms with van der Waals surface area (Å²) >= 11 is 1.78. The smallest absolute Gasteiger partial charge is 0.119 e. The summed E-state index contributed by atoms with van der Waals surface area (Å²) in [5, 5.41) is 5.51. The maximum absolute atomic E-state index is 5.36. The van der Waals surface area contributed by atoms with Crippen LogP contribution in [0.1, 0.15) is 11.1 Å². The van der Waals surface area contributed by atoms with E-state index in [9.17, 15) is 0 Å². The van der Waals surface area contributed by atoms with Crippen molar-refractivity contribution in [3.63, 3.8) is 0 Å². The van der Waals surface area contributed by atoms with E-state index in [-0.39, 0.29) is 0 Å². The van der Waals surface area contributed by atoms with E-state index in [1.54, 1.807) is 18.4 Å². The van der Waals surface area contributed by atoms with E-state index in [0.29, 0.717) is 0 Å². The van der Waals surface area contributed by atoms with Gasteiger partial charge in [-0.05, 0) is 34.7 Å². The number of fused-ring (bicyclic) bond motifs is 1. The molecule has 2 heterocycles. The number of methoxy groups -OCH3 is 1. The minimum atomic E-state index is 0.949. The second-order valence-electron chi connectivity index (χ2n) is 3.89. The van der Waals surface area contributed by atoms with E-state index in [4.69, 9.17) is 4.74 Å². The lowest BCUT2D eigenvalue weighted by atomic mass is 10.0. The summed E-state index contributed by atoms with van der Waals surface area (Å²) in [5.41, 5.74) is 4.10. The molecular formula is C13H13NOS. The van der Waals surface area contributed by atoms with Gasteiger partial charge >= 0.3 is 0 Å². The highest BCUT2D eigenvalue weighted by Crippen LogP contribution is 2.35. The molecule has 0 unspecified atom stereocenters. The Morgan fingerprint density at radius 1 is 1.31 bits per heavy atom. The Balaban J connectivity index is 2.20. The lowest BCUT2D eigenvalue weighted by Gasteiger charge is -2.09. The minimum Gasteiger partial charge on any atom is -0.497 e. The van der Waals surface area contributed by atoms with Gasteiger partial charge in [-0.15, -0.1) is 11.3 Å². The zero-order chi connectivity index (χ0) is 11.0. The van der Waals surface area contributed by atoms with E-state index in [1.807, 2.05) is 0 Å². The lowest BCUT2D eigenvalue weighted by Crippen LogP contribution is -2.00. The Labute approximate surface area is 98.9 Å². The van der Waals surface area contributed by atoms with E-state index < -0.39 is 0 Å². The van der Waals surface area contributed by atoms with E-state index in [2.05, 4.69) is 35.0 Å². The third-order valence-corrected chi connectivity index (χ3v) is 3.86. The van der Waals surface area contributed by atoms with Gasteiger partial charge in [0.2, 0.25) is 0 Å². The van der Waals surface area contributed by atoms with Crippen molar-refractivity contribution in [2.75, 3.05) is 7.11 Å². The van der Waals surface area contributed by atoms with Gasteiger partial charge < -0.3 is 10.1 Å². The van der Waals surface area contributed by atoms with Crippen LogP contribution in [0.25, 0.3) is 10.4 Å². The first-order valence-corrected chi connectivity index (χ1v) is 6.21. The van der Waals surface area contributed by atoms with Gasteiger partial charge in [0.1, 0.15) is 5.75 Å². The second-order valence-corrected chi connectivity index (χ2v) is 4.84. The Hall–Kier alpha value is -1.32. The van der Waals surface area contributed by atoms with Crippen LogP contribution in [0, 0.1) is 0 Å². The number of benzene rings is 1. The van der Waals surface area contributed by atoms with Crippen LogP contribution in [0.4, 0.5) is 0 Å². The van der Waals surface area contributed by atoms with Crippen molar-refractivity contribution < 1.29 is 4.74 Å². The molecule has 3 heteroatoms. The van der Waals surface area contributed by atoms with E-state index >= 15 is 0 Å². The number of hydrogen-bond acceptors (Lipinski definition) is 3. The van der Waals surface area contributed by atoms with Crippen LogP contribution in [-0.2, 0) is 13.1 Å². The van der Waals surface area contributed by atoms with Crippen LogP contribution in [0.5, 0.6) is 5.75 Å². The van der Waals surface area contributed by atoms with Crippen molar-refractivity contribution in [2.45, 2.75) is 13.1 Å². The molecule has 82 valence electrons. The van der Waals surface area contributed by atoms with Gasteiger partial charge in [0.15, 0.2) is 0 Å². The van der Waals surface area contributed by atoms with Crippen LogP contribution < -0.4 is 10.1 Å². The highest BCUT2D eigenvalue weighted by atomic mass is 32.1. The molecule has 2 aromatic rings. The monoisotopic (exact) mass is 231 g/mol. The topological polar surface area (TPSA) is 21.3 Å². The van der Waals surface area contributed by atoms with Crippen molar-refractivity contribution in [1.82, 2.24) is 5.32 Å². The molecule has 0 spiro atoms. The summed E-state index contributed by atoms with van der Waals surface area (Å²) < 4.78 is 5.36. The van der Waals surface area contributed by atoms with Gasteiger partial charge in [-0.25, -0.2) is 0 Å². The van der Waals surface area contributed by atoms with E-state index in [0.717, 1.165) is 18.8 Å². The van der Waals surface area contributed by atoms with Gasteiger partial charge in [0, 0.05) is 23.5 Å². The molecule has 0 saturated heterocycles. The highest BCUT2D eigenvalue weighted by Gasteiger charge is 2.17. The summed E-state index contributed by atoms with van der Waals surface area (Å²) in [7, 11) is 1.72. The van der Waals surface area contributed by atoms with Crippen LogP contribution in [0.2, 0.25) is 0 Å². The first-order valence-electron chi connectivity index (χ1n) is 5.33. The predicted molar refractivity (Wildman–Crippen MR) is 66.9 cm³/mol. The van der Waals surface area contributed by atoms with Crippen LogP contribution in [0.15, 0.2) is 29.6 Å². The van der Waals surface area contributed by atoms with Crippen molar-refractivity contribution in [3.05, 3.63) is 40.8 Å². The zero-order valence-corrected chi connectivity index (χ0v) is 9.93. The summed E-state index contributed by atoms with van der Waals surface area (Å²) in [5.74, 6) is 0.950. The number of nitrogens with one attached hydrogen (secondary N) is 1. The largest absolute Gasteiger partial charge is 0.497 e. The molecule has 1 aromatic heterocycles. The quantitative estimate of drug-likeness (QED) is 0.857. The number of hydrogen-bond donors (Lipinski definition) is 1. The fraction of sp³-hybridized carbons (Fsp3) is 0.231. The Morgan fingerprint density at radius 2 is 2.25 bits per heavy atom. The molecule has 0 radical (unpaired) electrons. The average Bonchev–Trinajstić information content (AvgIpc) is 2.98. The number of ether oxygens (including phenoxy) is 1. The Kier molecular flexibility index (Phi) is 2.42. The number of thiophene rings is 1. The van der Waals surface area contributed by atoms with Gasteiger partial charge in [-0.1, -0.05) is 6.07 Å². The molecule has 1 aliphatic rings.